The molecule has 0 amide bonds. The van der Waals surface area contributed by atoms with Crippen molar-refractivity contribution in [1.29, 1.82) is 5.26 Å². The van der Waals surface area contributed by atoms with E-state index in [0.29, 0.717) is 36.3 Å². The molecular formula is C19H20N8O3. The first-order valence-electron chi connectivity index (χ1n) is 9.08. The zero-order valence-corrected chi connectivity index (χ0v) is 16.5. The minimum Gasteiger partial charge on any atom is -0.381 e. The number of nitro groups is 1. The van der Waals surface area contributed by atoms with Gasteiger partial charge in [0.1, 0.15) is 17.3 Å². The van der Waals surface area contributed by atoms with Crippen LogP contribution < -0.4 is 10.6 Å². The fourth-order valence-corrected chi connectivity index (χ4v) is 3.16. The predicted molar refractivity (Wildman–Crippen MR) is 109 cm³/mol. The van der Waals surface area contributed by atoms with E-state index in [1.54, 1.807) is 41.9 Å². The van der Waals surface area contributed by atoms with E-state index >= 15 is 0 Å². The molecule has 3 rings (SSSR count). The number of H-pyrrole nitrogens is 1. The smallest absolute Gasteiger partial charge is 0.293 e. The molecule has 0 fully saturated rings. The molecule has 30 heavy (non-hydrogen) atoms. The Morgan fingerprint density at radius 1 is 1.47 bits per heavy atom. The summed E-state index contributed by atoms with van der Waals surface area (Å²) in [5.74, 6) is -0.0253. The van der Waals surface area contributed by atoms with Gasteiger partial charge in [0.25, 0.3) is 5.69 Å². The highest BCUT2D eigenvalue weighted by molar-refractivity contribution is 6.07. The maximum Gasteiger partial charge on any atom is 0.293 e. The summed E-state index contributed by atoms with van der Waals surface area (Å²) in [5, 5.41) is 27.3. The minimum absolute atomic E-state index is 0.157. The molecule has 0 bridgehead atoms. The molecule has 0 atom stereocenters. The Morgan fingerprint density at radius 2 is 2.23 bits per heavy atom. The van der Waals surface area contributed by atoms with E-state index in [1.165, 1.54) is 12.3 Å². The van der Waals surface area contributed by atoms with Crippen molar-refractivity contribution in [2.75, 3.05) is 24.2 Å². The highest BCUT2D eigenvalue weighted by Crippen LogP contribution is 2.29. The number of nitrogens with zero attached hydrogens (tertiary/aromatic N) is 6. The van der Waals surface area contributed by atoms with E-state index in [4.69, 9.17) is 11.0 Å². The van der Waals surface area contributed by atoms with Crippen LogP contribution in [0.1, 0.15) is 33.9 Å². The van der Waals surface area contributed by atoms with Gasteiger partial charge in [-0.05, 0) is 25.0 Å². The second kappa shape index (κ2) is 8.44. The van der Waals surface area contributed by atoms with Crippen LogP contribution in [0.15, 0.2) is 30.6 Å². The number of hydrogen-bond acceptors (Lipinski definition) is 8. The number of anilines is 2. The van der Waals surface area contributed by atoms with Gasteiger partial charge in [-0.3, -0.25) is 20.0 Å². The Balaban J connectivity index is 1.76. The van der Waals surface area contributed by atoms with Crippen molar-refractivity contribution >= 4 is 23.0 Å². The van der Waals surface area contributed by atoms with Crippen LogP contribution in [0.25, 0.3) is 0 Å². The molecule has 0 spiro atoms. The predicted octanol–water partition coefficient (Wildman–Crippen LogP) is 1.81. The van der Waals surface area contributed by atoms with Gasteiger partial charge >= 0.3 is 0 Å². The van der Waals surface area contributed by atoms with Gasteiger partial charge in [0.15, 0.2) is 11.6 Å². The molecule has 2 heterocycles. The van der Waals surface area contributed by atoms with Crippen LogP contribution in [0.4, 0.5) is 17.2 Å². The maximum atomic E-state index is 12.6. The van der Waals surface area contributed by atoms with Crippen molar-refractivity contribution in [2.45, 2.75) is 12.8 Å². The molecule has 0 saturated heterocycles. The van der Waals surface area contributed by atoms with E-state index in [9.17, 15) is 14.9 Å². The van der Waals surface area contributed by atoms with Crippen molar-refractivity contribution in [2.24, 2.45) is 7.05 Å². The fourth-order valence-electron chi connectivity index (χ4n) is 3.16. The number of nitrogen functional groups attached to an aromatic ring is 1. The number of nitriles is 1. The summed E-state index contributed by atoms with van der Waals surface area (Å²) in [4.78, 5) is 29.5. The van der Waals surface area contributed by atoms with Crippen molar-refractivity contribution in [3.8, 4) is 6.07 Å². The van der Waals surface area contributed by atoms with Gasteiger partial charge in [0.05, 0.1) is 10.6 Å². The van der Waals surface area contributed by atoms with Gasteiger partial charge in [0.2, 0.25) is 5.78 Å². The molecule has 3 aromatic rings. The van der Waals surface area contributed by atoms with Crippen LogP contribution in [0, 0.1) is 21.4 Å². The molecular weight excluding hydrogens is 388 g/mol. The molecule has 1 aromatic carbocycles. The first-order chi connectivity index (χ1) is 14.3. The zero-order chi connectivity index (χ0) is 21.8. The van der Waals surface area contributed by atoms with Gasteiger partial charge < -0.3 is 15.2 Å². The number of nitrogens with one attached hydrogen (secondary N) is 1. The van der Waals surface area contributed by atoms with Gasteiger partial charge in [-0.25, -0.2) is 4.98 Å². The summed E-state index contributed by atoms with van der Waals surface area (Å²) < 4.78 is 1.56. The average Bonchev–Trinajstić information content (AvgIpc) is 3.31. The summed E-state index contributed by atoms with van der Waals surface area (Å²) in [6.07, 6.45) is 4.25. The molecule has 0 aliphatic rings. The zero-order valence-electron chi connectivity index (χ0n) is 16.5. The lowest BCUT2D eigenvalue weighted by Crippen LogP contribution is -2.20. The molecule has 0 unspecified atom stereocenters. The van der Waals surface area contributed by atoms with Crippen LogP contribution in [0.2, 0.25) is 0 Å². The lowest BCUT2D eigenvalue weighted by Gasteiger charge is -2.19. The first-order valence-corrected chi connectivity index (χ1v) is 9.08. The van der Waals surface area contributed by atoms with E-state index in [0.717, 1.165) is 0 Å². The minimum atomic E-state index is -0.510. The van der Waals surface area contributed by atoms with E-state index < -0.39 is 4.92 Å². The summed E-state index contributed by atoms with van der Waals surface area (Å²) in [5.41, 5.74) is 7.00. The number of nitro benzene ring substituents is 1. The monoisotopic (exact) mass is 408 g/mol. The number of aromatic nitrogens is 4. The number of hydrogen-bond donors (Lipinski definition) is 2. The van der Waals surface area contributed by atoms with E-state index in [2.05, 4.69) is 15.2 Å². The van der Waals surface area contributed by atoms with Crippen LogP contribution in [0.5, 0.6) is 0 Å². The third kappa shape index (κ3) is 3.97. The van der Waals surface area contributed by atoms with Crippen molar-refractivity contribution < 1.29 is 9.72 Å². The Morgan fingerprint density at radius 3 is 2.87 bits per heavy atom. The Bertz CT molecular complexity index is 1140. The molecule has 11 heteroatoms. The molecule has 11 nitrogen and oxygen atoms in total. The molecule has 154 valence electrons. The summed E-state index contributed by atoms with van der Waals surface area (Å²) in [7, 11) is 3.41. The third-order valence-electron chi connectivity index (χ3n) is 4.77. The topological polar surface area (TPSA) is 160 Å². The van der Waals surface area contributed by atoms with E-state index in [-0.39, 0.29) is 28.7 Å². The second-order valence-electron chi connectivity index (χ2n) is 6.75. The van der Waals surface area contributed by atoms with Gasteiger partial charge in [-0.15, -0.1) is 0 Å². The number of carbonyl (C=O) groups excluding carboxylic acids is 1. The lowest BCUT2D eigenvalue weighted by molar-refractivity contribution is -0.384. The second-order valence-corrected chi connectivity index (χ2v) is 6.75. The SMILES string of the molecule is CN(CCCc1[nH]nc(N)c1C#N)c1ccc(C(=O)c2nccn2C)cc1[N+](=O)[O-]. The molecule has 0 aliphatic carbocycles. The summed E-state index contributed by atoms with van der Waals surface area (Å²) in [6.45, 7) is 0.483. The molecule has 0 radical (unpaired) electrons. The molecule has 0 saturated carbocycles. The first kappa shape index (κ1) is 20.5. The highest BCUT2D eigenvalue weighted by atomic mass is 16.6. The van der Waals surface area contributed by atoms with Crippen LogP contribution in [0.3, 0.4) is 0 Å². The summed E-state index contributed by atoms with van der Waals surface area (Å²) in [6, 6.07) is 6.39. The molecule has 2 aromatic heterocycles. The molecule has 0 aliphatic heterocycles. The number of nitrogens with two attached hydrogens (primary N) is 1. The van der Waals surface area contributed by atoms with Crippen LogP contribution in [-0.4, -0.2) is 44.0 Å². The van der Waals surface area contributed by atoms with Crippen molar-refractivity contribution in [1.82, 2.24) is 19.7 Å². The number of aromatic amines is 1. The van der Waals surface area contributed by atoms with Gasteiger partial charge in [-0.2, -0.15) is 10.4 Å². The van der Waals surface area contributed by atoms with Crippen molar-refractivity contribution in [3.05, 3.63) is 63.4 Å². The highest BCUT2D eigenvalue weighted by Gasteiger charge is 2.22. The Kier molecular flexibility index (Phi) is 5.78. The van der Waals surface area contributed by atoms with Crippen molar-refractivity contribution in [3.63, 3.8) is 0 Å². The number of imidazole rings is 1. The molecule has 3 N–H and O–H groups in total. The summed E-state index contributed by atoms with van der Waals surface area (Å²) >= 11 is 0. The Hall–Kier alpha value is -4.20. The van der Waals surface area contributed by atoms with Crippen LogP contribution >= 0.6 is 0 Å². The fraction of sp³-hybridized carbons (Fsp3) is 0.263. The van der Waals surface area contributed by atoms with Crippen LogP contribution in [-0.2, 0) is 13.5 Å². The number of carbonyl (C=O) groups is 1. The van der Waals surface area contributed by atoms with Gasteiger partial charge in [-0.1, -0.05) is 0 Å². The largest absolute Gasteiger partial charge is 0.381 e. The number of benzene rings is 1. The number of aryl methyl sites for hydroxylation is 2. The van der Waals surface area contributed by atoms with Gasteiger partial charge in [0, 0.05) is 44.7 Å². The standard InChI is InChI=1S/C19H20N8O3/c1-25(8-3-4-14-13(11-20)18(21)24-23-14)15-6-5-12(10-16(15)27(29)30)17(28)19-22-7-9-26(19)2/h5-7,9-10H,3-4,8H2,1-2H3,(H3,21,23,24). The number of ketones is 1. The Labute approximate surface area is 171 Å². The quantitative estimate of drug-likeness (QED) is 0.324. The number of rotatable bonds is 8. The average molecular weight is 408 g/mol. The van der Waals surface area contributed by atoms with E-state index in [1.807, 2.05) is 6.07 Å². The lowest BCUT2D eigenvalue weighted by atomic mass is 10.1. The maximum absolute atomic E-state index is 12.6. The normalized spacial score (nSPS) is 10.6. The third-order valence-corrected chi connectivity index (χ3v) is 4.77.